The second-order valence-electron chi connectivity index (χ2n) is 8.90. The van der Waals surface area contributed by atoms with E-state index < -0.39 is 25.0 Å². The predicted octanol–water partition coefficient (Wildman–Crippen LogP) is 1.87. The standard InChI is InChI=1S/C23H35BN4O4/c1-17(2)11-12-19(15-25)22(29)28-13-7-6-10-20(28)16-26-23(30)27-21(24(31)32)14-18-8-4-3-5-9-18/h3-5,8-9,17,19-21,31-32H,6-7,10-14,16H2,1-2H3,(H2,26,27,30)/t19?,20-,21+/m1/s1. The fourth-order valence-electron chi connectivity index (χ4n) is 3.98. The summed E-state index contributed by atoms with van der Waals surface area (Å²) in [5.41, 5.74) is 0.874. The summed E-state index contributed by atoms with van der Waals surface area (Å²) in [6.07, 6.45) is 4.22. The van der Waals surface area contributed by atoms with E-state index in [1.807, 2.05) is 30.3 Å². The zero-order valence-corrected chi connectivity index (χ0v) is 19.0. The van der Waals surface area contributed by atoms with E-state index in [0.29, 0.717) is 18.9 Å². The SMILES string of the molecule is CC(C)CCC(C#N)C(=O)N1CCCC[C@@H]1CNC(=O)N[C@@H](Cc1ccccc1)B(O)O. The van der Waals surface area contributed by atoms with Crippen molar-refractivity contribution < 1.29 is 19.6 Å². The number of carbonyl (C=O) groups is 2. The van der Waals surface area contributed by atoms with Crippen LogP contribution in [0.1, 0.15) is 51.5 Å². The lowest BCUT2D eigenvalue weighted by molar-refractivity contribution is -0.137. The molecular formula is C23H35BN4O4. The lowest BCUT2D eigenvalue weighted by atomic mass is 9.76. The molecular weight excluding hydrogens is 407 g/mol. The van der Waals surface area contributed by atoms with Crippen LogP contribution in [0.4, 0.5) is 4.79 Å². The van der Waals surface area contributed by atoms with Crippen molar-refractivity contribution in [2.75, 3.05) is 13.1 Å². The number of piperidine rings is 1. The number of nitrogens with zero attached hydrogens (tertiary/aromatic N) is 2. The van der Waals surface area contributed by atoms with Crippen LogP contribution in [-0.4, -0.2) is 59.1 Å². The van der Waals surface area contributed by atoms with Gasteiger partial charge in [0.25, 0.3) is 0 Å². The molecule has 9 heteroatoms. The maximum Gasteiger partial charge on any atom is 0.475 e. The van der Waals surface area contributed by atoms with Crippen LogP contribution in [0.25, 0.3) is 0 Å². The Hall–Kier alpha value is -2.57. The molecule has 32 heavy (non-hydrogen) atoms. The number of nitrogens with one attached hydrogen (secondary N) is 2. The Balaban J connectivity index is 1.92. The molecule has 1 aromatic carbocycles. The Kier molecular flexibility index (Phi) is 10.5. The average molecular weight is 442 g/mol. The molecule has 1 heterocycles. The van der Waals surface area contributed by atoms with E-state index in [1.165, 1.54) is 0 Å². The van der Waals surface area contributed by atoms with Gasteiger partial charge in [-0.3, -0.25) is 4.79 Å². The maximum atomic E-state index is 13.0. The van der Waals surface area contributed by atoms with Gasteiger partial charge in [0.2, 0.25) is 5.91 Å². The Labute approximate surface area is 191 Å². The van der Waals surface area contributed by atoms with Crippen molar-refractivity contribution in [2.24, 2.45) is 11.8 Å². The van der Waals surface area contributed by atoms with E-state index in [4.69, 9.17) is 0 Å². The molecule has 8 nitrogen and oxygen atoms in total. The smallest absolute Gasteiger partial charge is 0.426 e. The molecule has 0 radical (unpaired) electrons. The third-order valence-corrected chi connectivity index (χ3v) is 5.87. The van der Waals surface area contributed by atoms with Gasteiger partial charge in [-0.05, 0) is 50.0 Å². The van der Waals surface area contributed by atoms with Crippen LogP contribution in [-0.2, 0) is 11.2 Å². The highest BCUT2D eigenvalue weighted by Gasteiger charge is 2.32. The second-order valence-corrected chi connectivity index (χ2v) is 8.90. The first kappa shape index (κ1) is 25.7. The summed E-state index contributed by atoms with van der Waals surface area (Å²) < 4.78 is 0. The monoisotopic (exact) mass is 442 g/mol. The predicted molar refractivity (Wildman–Crippen MR) is 123 cm³/mol. The number of rotatable bonds is 10. The van der Waals surface area contributed by atoms with Gasteiger partial charge in [0.05, 0.1) is 12.0 Å². The van der Waals surface area contributed by atoms with Crippen LogP contribution in [0.15, 0.2) is 30.3 Å². The third kappa shape index (κ3) is 8.17. The van der Waals surface area contributed by atoms with Crippen molar-refractivity contribution in [3.8, 4) is 6.07 Å². The molecule has 1 aliphatic heterocycles. The fraction of sp³-hybridized carbons (Fsp3) is 0.609. The van der Waals surface area contributed by atoms with Crippen LogP contribution in [0, 0.1) is 23.2 Å². The molecule has 3 amide bonds. The first-order valence-corrected chi connectivity index (χ1v) is 11.5. The number of amides is 3. The minimum Gasteiger partial charge on any atom is -0.426 e. The van der Waals surface area contributed by atoms with Crippen molar-refractivity contribution in [2.45, 2.75) is 64.4 Å². The molecule has 1 fully saturated rings. The number of carbonyl (C=O) groups excluding carboxylic acids is 2. The summed E-state index contributed by atoms with van der Waals surface area (Å²) in [7, 11) is -1.70. The van der Waals surface area contributed by atoms with Gasteiger partial charge >= 0.3 is 13.1 Å². The van der Waals surface area contributed by atoms with E-state index in [-0.39, 0.29) is 24.9 Å². The van der Waals surface area contributed by atoms with Crippen LogP contribution < -0.4 is 10.6 Å². The lowest BCUT2D eigenvalue weighted by Gasteiger charge is -2.37. The molecule has 1 aliphatic rings. The fourth-order valence-corrected chi connectivity index (χ4v) is 3.98. The highest BCUT2D eigenvalue weighted by Crippen LogP contribution is 2.22. The normalized spacial score (nSPS) is 17.9. The number of likely N-dealkylation sites (tertiary alicyclic amines) is 1. The topological polar surface area (TPSA) is 126 Å². The number of urea groups is 1. The number of hydrogen-bond donors (Lipinski definition) is 4. The molecule has 2 rings (SSSR count). The Morgan fingerprint density at radius 1 is 1.22 bits per heavy atom. The van der Waals surface area contributed by atoms with Gasteiger partial charge in [-0.15, -0.1) is 0 Å². The van der Waals surface area contributed by atoms with Gasteiger partial charge in [-0.1, -0.05) is 44.2 Å². The molecule has 1 unspecified atom stereocenters. The minimum absolute atomic E-state index is 0.159. The largest absolute Gasteiger partial charge is 0.475 e. The number of benzene rings is 1. The highest BCUT2D eigenvalue weighted by molar-refractivity contribution is 6.43. The van der Waals surface area contributed by atoms with Crippen molar-refractivity contribution >= 4 is 19.1 Å². The van der Waals surface area contributed by atoms with E-state index >= 15 is 0 Å². The van der Waals surface area contributed by atoms with E-state index in [1.54, 1.807) is 4.90 Å². The quantitative estimate of drug-likeness (QED) is 0.412. The third-order valence-electron chi connectivity index (χ3n) is 5.87. The molecule has 1 saturated heterocycles. The first-order valence-electron chi connectivity index (χ1n) is 11.5. The average Bonchev–Trinajstić information content (AvgIpc) is 2.78. The van der Waals surface area contributed by atoms with Crippen LogP contribution in [0.3, 0.4) is 0 Å². The summed E-state index contributed by atoms with van der Waals surface area (Å²) in [5.74, 6) is -1.26. The van der Waals surface area contributed by atoms with E-state index in [0.717, 1.165) is 31.2 Å². The molecule has 0 saturated carbocycles. The summed E-state index contributed by atoms with van der Waals surface area (Å²) in [4.78, 5) is 27.1. The zero-order chi connectivity index (χ0) is 23.5. The van der Waals surface area contributed by atoms with Crippen LogP contribution in [0.5, 0.6) is 0 Å². The van der Waals surface area contributed by atoms with Crippen molar-refractivity contribution in [3.63, 3.8) is 0 Å². The summed E-state index contributed by atoms with van der Waals surface area (Å²) >= 11 is 0. The first-order chi connectivity index (χ1) is 15.3. The molecule has 0 aliphatic carbocycles. The van der Waals surface area contributed by atoms with Gasteiger partial charge in [-0.2, -0.15) is 5.26 Å². The molecule has 0 aromatic heterocycles. The molecule has 174 valence electrons. The number of hydrogen-bond acceptors (Lipinski definition) is 5. The van der Waals surface area contributed by atoms with Gasteiger partial charge in [0.1, 0.15) is 5.92 Å². The van der Waals surface area contributed by atoms with E-state index in [2.05, 4.69) is 30.6 Å². The maximum absolute atomic E-state index is 13.0. The van der Waals surface area contributed by atoms with Crippen LogP contribution >= 0.6 is 0 Å². The van der Waals surface area contributed by atoms with Gasteiger partial charge in [-0.25, -0.2) is 4.79 Å². The van der Waals surface area contributed by atoms with Gasteiger partial charge in [0.15, 0.2) is 0 Å². The summed E-state index contributed by atoms with van der Waals surface area (Å²) in [5, 5.41) is 34.2. The van der Waals surface area contributed by atoms with Crippen molar-refractivity contribution in [1.29, 1.82) is 5.26 Å². The van der Waals surface area contributed by atoms with Crippen LogP contribution in [0.2, 0.25) is 0 Å². The Morgan fingerprint density at radius 2 is 1.94 bits per heavy atom. The summed E-state index contributed by atoms with van der Waals surface area (Å²) in [6.45, 7) is 4.97. The molecule has 1 aromatic rings. The zero-order valence-electron chi connectivity index (χ0n) is 19.0. The van der Waals surface area contributed by atoms with Crippen molar-refractivity contribution in [3.05, 3.63) is 35.9 Å². The highest BCUT2D eigenvalue weighted by atomic mass is 16.4. The molecule has 4 N–H and O–H groups in total. The number of nitriles is 1. The van der Waals surface area contributed by atoms with Crippen molar-refractivity contribution in [1.82, 2.24) is 15.5 Å². The second kappa shape index (κ2) is 13.1. The van der Waals surface area contributed by atoms with Gasteiger partial charge in [0, 0.05) is 19.1 Å². The lowest BCUT2D eigenvalue weighted by Crippen LogP contribution is -2.55. The van der Waals surface area contributed by atoms with E-state index in [9.17, 15) is 24.9 Å². The summed E-state index contributed by atoms with van der Waals surface area (Å²) in [6, 6.07) is 10.7. The Morgan fingerprint density at radius 3 is 2.56 bits per heavy atom. The Bertz CT molecular complexity index is 769. The molecule has 0 spiro atoms. The molecule has 0 bridgehead atoms. The minimum atomic E-state index is -1.70. The van der Waals surface area contributed by atoms with Gasteiger partial charge < -0.3 is 25.6 Å². The molecule has 3 atom stereocenters.